The average Bonchev–Trinajstić information content (AvgIpc) is 3.29. The number of fused-ring (bicyclic) bond motifs is 5. The highest BCUT2D eigenvalue weighted by molar-refractivity contribution is 8.14. The van der Waals surface area contributed by atoms with E-state index < -0.39 is 51.1 Å². The highest BCUT2D eigenvalue weighted by Gasteiger charge is 2.75. The fourth-order valence-electron chi connectivity index (χ4n) is 8.36. The smallest absolute Gasteiger partial charge is 0.339 e. The number of allylic oxidation sites excluding steroid dienone is 4. The molecule has 0 heterocycles. The van der Waals surface area contributed by atoms with Gasteiger partial charge in [0.25, 0.3) is 0 Å². The maximum absolute atomic E-state index is 17.5. The zero-order valence-corrected chi connectivity index (χ0v) is 25.4. The van der Waals surface area contributed by atoms with Gasteiger partial charge < -0.3 is 14.6 Å². The molecule has 0 spiro atoms. The van der Waals surface area contributed by atoms with Crippen LogP contribution in [0.1, 0.15) is 56.3 Å². The number of alkyl halides is 1. The molecule has 4 aliphatic carbocycles. The van der Waals surface area contributed by atoms with Crippen LogP contribution in [-0.2, 0) is 14.3 Å². The summed E-state index contributed by atoms with van der Waals surface area (Å²) in [7, 11) is 0. The molecule has 2 aromatic carbocycles. The molecule has 7 nitrogen and oxygen atoms in total. The van der Waals surface area contributed by atoms with Gasteiger partial charge in [0.1, 0.15) is 11.5 Å². The van der Waals surface area contributed by atoms with Crippen molar-refractivity contribution in [3.63, 3.8) is 0 Å². The molecule has 0 amide bonds. The topological polar surface area (TPSA) is 114 Å². The van der Waals surface area contributed by atoms with Crippen LogP contribution in [0.2, 0.25) is 0 Å². The summed E-state index contributed by atoms with van der Waals surface area (Å²) < 4.78 is 29.6. The molecule has 0 aromatic heterocycles. The molecule has 2 saturated carbocycles. The molecule has 0 radical (unpaired) electrons. The number of ketones is 1. The lowest BCUT2D eigenvalue weighted by Crippen LogP contribution is -2.69. The number of ether oxygens (including phenoxy) is 2. The van der Waals surface area contributed by atoms with Crippen molar-refractivity contribution in [3.8, 4) is 17.6 Å². The van der Waals surface area contributed by atoms with E-state index in [0.717, 1.165) is 11.8 Å². The molecule has 0 saturated heterocycles. The minimum Gasteiger partial charge on any atom is -0.457 e. The Labute approximate surface area is 260 Å². The molecule has 2 aromatic rings. The standard InChI is InChI=1S/C35H34FNO6S/c1-32-16-14-24(38)20-23(32)10-13-28-27-15-17-34(31(41)44-19-18-37,33(27,2)21-29(39)35(28,32)36)43-30(40)22-8-11-26(12-9-22)42-25-6-4-3-5-7-25/h3-12,14,16,27-29,39H,13,15,17,19-21H2,1-2H3/t27-,28-,29-,32-,33-,34-,35-/m0/s1. The summed E-state index contributed by atoms with van der Waals surface area (Å²) >= 11 is 0.782. The summed E-state index contributed by atoms with van der Waals surface area (Å²) in [4.78, 5) is 39.8. The molecule has 0 aliphatic heterocycles. The van der Waals surface area contributed by atoms with E-state index in [9.17, 15) is 24.8 Å². The lowest BCUT2D eigenvalue weighted by atomic mass is 9.45. The number of aliphatic hydroxyl groups is 1. The molecule has 0 bridgehead atoms. The van der Waals surface area contributed by atoms with Crippen LogP contribution in [0.15, 0.2) is 78.4 Å². The highest BCUT2D eigenvalue weighted by Crippen LogP contribution is 2.70. The van der Waals surface area contributed by atoms with Gasteiger partial charge in [-0.3, -0.25) is 9.59 Å². The number of carbonyl (C=O) groups excluding carboxylic acids is 3. The first kappa shape index (κ1) is 30.3. The summed E-state index contributed by atoms with van der Waals surface area (Å²) in [5.74, 6) is -0.876. The van der Waals surface area contributed by atoms with Crippen LogP contribution in [0, 0.1) is 34.0 Å². The van der Waals surface area contributed by atoms with Gasteiger partial charge in [-0.1, -0.05) is 54.6 Å². The maximum Gasteiger partial charge on any atom is 0.339 e. The van der Waals surface area contributed by atoms with Crippen LogP contribution >= 0.6 is 11.8 Å². The Morgan fingerprint density at radius 3 is 2.50 bits per heavy atom. The number of nitrogens with zero attached hydrogens (tertiary/aromatic N) is 1. The average molecular weight is 616 g/mol. The highest BCUT2D eigenvalue weighted by atomic mass is 32.2. The molecule has 4 aliphatic rings. The van der Waals surface area contributed by atoms with E-state index in [1.54, 1.807) is 37.3 Å². The van der Waals surface area contributed by atoms with Crippen LogP contribution in [0.25, 0.3) is 0 Å². The van der Waals surface area contributed by atoms with Gasteiger partial charge >= 0.3 is 5.97 Å². The van der Waals surface area contributed by atoms with Crippen LogP contribution in [0.5, 0.6) is 11.5 Å². The van der Waals surface area contributed by atoms with Crippen molar-refractivity contribution in [2.24, 2.45) is 22.7 Å². The summed E-state index contributed by atoms with van der Waals surface area (Å²) in [6, 6.07) is 17.6. The zero-order chi connectivity index (χ0) is 31.3. The minimum atomic E-state index is -2.07. The molecule has 9 heteroatoms. The number of benzene rings is 2. The van der Waals surface area contributed by atoms with E-state index >= 15 is 4.39 Å². The molecule has 0 unspecified atom stereocenters. The number of rotatable bonds is 6. The van der Waals surface area contributed by atoms with Gasteiger partial charge in [-0.25, -0.2) is 9.18 Å². The van der Waals surface area contributed by atoms with Gasteiger partial charge in [-0.2, -0.15) is 5.26 Å². The van der Waals surface area contributed by atoms with Crippen LogP contribution in [0.3, 0.4) is 0 Å². The van der Waals surface area contributed by atoms with Crippen molar-refractivity contribution in [3.05, 3.63) is 84.0 Å². The Balaban J connectivity index is 1.33. The second kappa shape index (κ2) is 11.0. The van der Waals surface area contributed by atoms with Crippen molar-refractivity contribution in [1.29, 1.82) is 5.26 Å². The van der Waals surface area contributed by atoms with Gasteiger partial charge in [0.15, 0.2) is 17.1 Å². The number of halogens is 1. The number of nitriles is 1. The second-order valence-electron chi connectivity index (χ2n) is 12.7. The maximum atomic E-state index is 17.5. The number of hydrogen-bond acceptors (Lipinski definition) is 8. The number of hydrogen-bond donors (Lipinski definition) is 1. The van der Waals surface area contributed by atoms with Gasteiger partial charge in [0.2, 0.25) is 5.12 Å². The fraction of sp³-hybridized carbons (Fsp3) is 0.429. The van der Waals surface area contributed by atoms with E-state index in [1.807, 2.05) is 49.4 Å². The summed E-state index contributed by atoms with van der Waals surface area (Å²) in [6.07, 6.45) is 4.26. The van der Waals surface area contributed by atoms with Gasteiger partial charge in [-0.15, -0.1) is 0 Å². The molecule has 44 heavy (non-hydrogen) atoms. The van der Waals surface area contributed by atoms with Crippen molar-refractivity contribution < 1.29 is 33.4 Å². The van der Waals surface area contributed by atoms with Crippen molar-refractivity contribution in [2.75, 3.05) is 5.75 Å². The zero-order valence-electron chi connectivity index (χ0n) is 24.6. The predicted molar refractivity (Wildman–Crippen MR) is 163 cm³/mol. The fourth-order valence-corrected chi connectivity index (χ4v) is 9.17. The van der Waals surface area contributed by atoms with E-state index in [0.29, 0.717) is 29.9 Å². The molecule has 1 N–H and O–H groups in total. The van der Waals surface area contributed by atoms with Gasteiger partial charge in [0, 0.05) is 23.2 Å². The first-order valence-corrected chi connectivity index (χ1v) is 15.9. The Morgan fingerprint density at radius 1 is 1.09 bits per heavy atom. The van der Waals surface area contributed by atoms with E-state index in [2.05, 4.69) is 0 Å². The molecular weight excluding hydrogens is 581 g/mol. The molecule has 7 atom stereocenters. The summed E-state index contributed by atoms with van der Waals surface area (Å²) in [6.45, 7) is 3.55. The Kier molecular flexibility index (Phi) is 7.58. The summed E-state index contributed by atoms with van der Waals surface area (Å²) in [5.41, 5.74) is -5.15. The van der Waals surface area contributed by atoms with E-state index in [-0.39, 0.29) is 36.4 Å². The summed E-state index contributed by atoms with van der Waals surface area (Å²) in [5, 5.41) is 20.5. The lowest BCUT2D eigenvalue weighted by molar-refractivity contribution is -0.209. The van der Waals surface area contributed by atoms with Gasteiger partial charge in [0.05, 0.1) is 23.5 Å². The second-order valence-corrected chi connectivity index (χ2v) is 13.6. The van der Waals surface area contributed by atoms with Crippen molar-refractivity contribution in [2.45, 2.75) is 63.3 Å². The number of para-hydroxylation sites is 1. The number of aliphatic hydroxyl groups excluding tert-OH is 1. The molecular formula is C35H34FNO6S. The number of carbonyl (C=O) groups is 3. The van der Waals surface area contributed by atoms with Crippen molar-refractivity contribution in [1.82, 2.24) is 0 Å². The molecule has 228 valence electrons. The van der Waals surface area contributed by atoms with Crippen LogP contribution in [0.4, 0.5) is 4.39 Å². The Morgan fingerprint density at radius 2 is 1.80 bits per heavy atom. The normalized spacial score (nSPS) is 35.4. The third-order valence-electron chi connectivity index (χ3n) is 10.7. The van der Waals surface area contributed by atoms with Gasteiger partial charge in [-0.05, 0) is 81.0 Å². The van der Waals surface area contributed by atoms with E-state index in [4.69, 9.17) is 9.47 Å². The molecule has 2 fully saturated rings. The largest absolute Gasteiger partial charge is 0.457 e. The molecule has 6 rings (SSSR count). The predicted octanol–water partition coefficient (Wildman–Crippen LogP) is 6.53. The first-order chi connectivity index (χ1) is 21.0. The first-order valence-electron chi connectivity index (χ1n) is 14.9. The number of esters is 1. The SMILES string of the molecule is C[C@]12C=CC(=O)CC1=CC[C@H]1[C@@H]3CC[C@](OC(=O)c4ccc(Oc5ccccc5)cc4)(C(=O)SCC#N)[C@@]3(C)C[C@H](O)[C@@]12F. The Hall–Kier alpha value is -3.74. The van der Waals surface area contributed by atoms with Crippen LogP contribution < -0.4 is 4.74 Å². The quantitative estimate of drug-likeness (QED) is 0.288. The monoisotopic (exact) mass is 615 g/mol. The Bertz CT molecular complexity index is 1600. The number of thioether (sulfide) groups is 1. The third kappa shape index (κ3) is 4.45. The lowest BCUT2D eigenvalue weighted by Gasteiger charge is -2.62. The minimum absolute atomic E-state index is 0.0996. The van der Waals surface area contributed by atoms with Crippen LogP contribution in [-0.4, -0.2) is 45.1 Å². The third-order valence-corrected chi connectivity index (χ3v) is 11.5. The van der Waals surface area contributed by atoms with Crippen molar-refractivity contribution >= 4 is 28.6 Å². The van der Waals surface area contributed by atoms with E-state index in [1.165, 1.54) is 6.08 Å².